The second kappa shape index (κ2) is 10.3. The lowest BCUT2D eigenvalue weighted by atomic mass is 9.65. The fourth-order valence-corrected chi connectivity index (χ4v) is 6.02. The van der Waals surface area contributed by atoms with Crippen LogP contribution in [0, 0.1) is 11.8 Å². The smallest absolute Gasteiger partial charge is 0.341 e. The lowest BCUT2D eigenvalue weighted by Crippen LogP contribution is -2.37. The number of benzene rings is 3. The van der Waals surface area contributed by atoms with Gasteiger partial charge in [0.05, 0.1) is 39.4 Å². The summed E-state index contributed by atoms with van der Waals surface area (Å²) in [4.78, 5) is 25.5. The summed E-state index contributed by atoms with van der Waals surface area (Å²) in [6, 6.07) is 11.3. The van der Waals surface area contributed by atoms with Crippen LogP contribution >= 0.6 is 0 Å². The molecule has 6 rings (SSSR count). The molecular weight excluding hydrogens is 534 g/mol. The number of hydrogen-bond donors (Lipinski definition) is 3. The van der Waals surface area contributed by atoms with E-state index in [1.165, 1.54) is 26.4 Å². The third-order valence-electron chi connectivity index (χ3n) is 7.86. The number of esters is 2. The van der Waals surface area contributed by atoms with E-state index in [9.17, 15) is 19.8 Å². The first-order chi connectivity index (χ1) is 19.8. The van der Waals surface area contributed by atoms with Gasteiger partial charge >= 0.3 is 11.9 Å². The molecule has 2 heterocycles. The summed E-state index contributed by atoms with van der Waals surface area (Å²) in [5.41, 5.74) is 2.93. The van der Waals surface area contributed by atoms with Crippen LogP contribution in [0.3, 0.4) is 0 Å². The van der Waals surface area contributed by atoms with E-state index in [1.54, 1.807) is 25.1 Å². The molecular formula is C30H29NO10. The Morgan fingerprint density at radius 1 is 0.976 bits per heavy atom. The molecule has 0 saturated carbocycles. The van der Waals surface area contributed by atoms with E-state index in [2.05, 4.69) is 5.32 Å². The number of cyclic esters (lactones) is 1. The van der Waals surface area contributed by atoms with Crippen LogP contribution in [0.4, 0.5) is 5.69 Å². The second-order valence-electron chi connectivity index (χ2n) is 9.98. The van der Waals surface area contributed by atoms with E-state index in [-0.39, 0.29) is 60.5 Å². The van der Waals surface area contributed by atoms with E-state index in [4.69, 9.17) is 28.4 Å². The summed E-state index contributed by atoms with van der Waals surface area (Å²) in [6.07, 6.45) is 0. The van der Waals surface area contributed by atoms with Crippen molar-refractivity contribution in [3.8, 4) is 34.5 Å². The fraction of sp³-hybridized carbons (Fsp3) is 0.333. The maximum atomic E-state index is 13.3. The Morgan fingerprint density at radius 3 is 2.29 bits per heavy atom. The van der Waals surface area contributed by atoms with Gasteiger partial charge in [-0.25, -0.2) is 4.79 Å². The SMILES string of the molecule is CCOC(=O)c1ccc(N[C@@H]2c3cc4c(cc3C(c3cc(OC)c(O)c(OC)c3)[C@H]3C(=O)OCC32)OCO4)cc1O. The van der Waals surface area contributed by atoms with Gasteiger partial charge in [-0.1, -0.05) is 0 Å². The van der Waals surface area contributed by atoms with Crippen molar-refractivity contribution in [3.05, 3.63) is 64.7 Å². The maximum absolute atomic E-state index is 13.3. The number of methoxy groups -OCH3 is 2. The number of carbonyl (C=O) groups excluding carboxylic acids is 2. The highest BCUT2D eigenvalue weighted by Gasteiger charge is 2.52. The number of phenolic OH excluding ortho intramolecular Hbond substituents is 2. The predicted octanol–water partition coefficient (Wildman–Crippen LogP) is 4.11. The zero-order valence-electron chi connectivity index (χ0n) is 22.6. The van der Waals surface area contributed by atoms with Gasteiger partial charge in [-0.2, -0.15) is 0 Å². The van der Waals surface area contributed by atoms with Crippen molar-refractivity contribution >= 4 is 17.6 Å². The van der Waals surface area contributed by atoms with E-state index in [0.29, 0.717) is 22.7 Å². The van der Waals surface area contributed by atoms with Crippen molar-refractivity contribution in [3.63, 3.8) is 0 Å². The Labute approximate surface area is 235 Å². The molecule has 3 aliphatic rings. The molecule has 2 unspecified atom stereocenters. The van der Waals surface area contributed by atoms with E-state index < -0.39 is 23.8 Å². The first kappa shape index (κ1) is 26.4. The number of rotatable bonds is 7. The highest BCUT2D eigenvalue weighted by Crippen LogP contribution is 2.56. The van der Waals surface area contributed by atoms with E-state index in [1.807, 2.05) is 12.1 Å². The minimum absolute atomic E-state index is 0.0531. The van der Waals surface area contributed by atoms with Gasteiger partial charge in [0.1, 0.15) is 11.3 Å². The van der Waals surface area contributed by atoms with Crippen LogP contribution in [-0.2, 0) is 14.3 Å². The molecule has 2 aliphatic heterocycles. The van der Waals surface area contributed by atoms with Crippen molar-refractivity contribution in [1.82, 2.24) is 0 Å². The van der Waals surface area contributed by atoms with Gasteiger partial charge in [0.25, 0.3) is 0 Å². The number of carbonyl (C=O) groups is 2. The third-order valence-corrected chi connectivity index (χ3v) is 7.86. The first-order valence-electron chi connectivity index (χ1n) is 13.2. The Hall–Kier alpha value is -4.80. The molecule has 0 radical (unpaired) electrons. The van der Waals surface area contributed by atoms with Crippen LogP contribution in [0.25, 0.3) is 0 Å². The van der Waals surface area contributed by atoms with Crippen molar-refractivity contribution < 1.29 is 48.2 Å². The Morgan fingerprint density at radius 2 is 1.66 bits per heavy atom. The van der Waals surface area contributed by atoms with Crippen LogP contribution < -0.4 is 24.3 Å². The van der Waals surface area contributed by atoms with Gasteiger partial charge in [-0.15, -0.1) is 0 Å². The molecule has 0 spiro atoms. The van der Waals surface area contributed by atoms with Crippen molar-refractivity contribution in [1.29, 1.82) is 0 Å². The van der Waals surface area contributed by atoms with Crippen LogP contribution in [0.1, 0.15) is 45.9 Å². The number of hydrogen-bond acceptors (Lipinski definition) is 11. The molecule has 3 N–H and O–H groups in total. The molecule has 3 aromatic carbocycles. The van der Waals surface area contributed by atoms with Crippen LogP contribution in [0.5, 0.6) is 34.5 Å². The minimum Gasteiger partial charge on any atom is -0.507 e. The minimum atomic E-state index is -0.621. The predicted molar refractivity (Wildman–Crippen MR) is 144 cm³/mol. The topological polar surface area (TPSA) is 142 Å². The lowest BCUT2D eigenvalue weighted by molar-refractivity contribution is -0.141. The summed E-state index contributed by atoms with van der Waals surface area (Å²) in [7, 11) is 2.89. The molecule has 1 aliphatic carbocycles. The van der Waals surface area contributed by atoms with Crippen molar-refractivity contribution in [2.24, 2.45) is 11.8 Å². The third kappa shape index (κ3) is 4.37. The quantitative estimate of drug-likeness (QED) is 0.358. The van der Waals surface area contributed by atoms with Crippen molar-refractivity contribution in [2.45, 2.75) is 18.9 Å². The molecule has 0 amide bonds. The average Bonchev–Trinajstić information content (AvgIpc) is 3.58. The molecule has 11 heteroatoms. The maximum Gasteiger partial charge on any atom is 0.341 e. The molecule has 1 fully saturated rings. The highest BCUT2D eigenvalue weighted by molar-refractivity contribution is 5.93. The summed E-state index contributed by atoms with van der Waals surface area (Å²) in [5.74, 6) is -1.23. The van der Waals surface area contributed by atoms with E-state index >= 15 is 0 Å². The van der Waals surface area contributed by atoms with Crippen LogP contribution in [0.15, 0.2) is 42.5 Å². The molecule has 11 nitrogen and oxygen atoms in total. The Bertz CT molecular complexity index is 1510. The molecule has 41 heavy (non-hydrogen) atoms. The molecule has 214 valence electrons. The standard InChI is InChI=1S/C30H29NO10/c1-4-38-29(34)16-6-5-15(9-20(16)32)31-27-18-11-22-21(40-13-41-22)10-17(18)25(26-19(27)12-39-30(26)35)14-7-23(36-2)28(33)24(8-14)37-3/h5-11,19,25-27,31-33H,4,12-13H2,1-3H3/t19?,25?,26-,27+/m0/s1. The zero-order valence-corrected chi connectivity index (χ0v) is 22.6. The number of phenols is 2. The number of fused-ring (bicyclic) bond motifs is 3. The molecule has 4 atom stereocenters. The Balaban J connectivity index is 1.48. The van der Waals surface area contributed by atoms with Crippen LogP contribution in [-0.4, -0.2) is 56.4 Å². The average molecular weight is 564 g/mol. The fourth-order valence-electron chi connectivity index (χ4n) is 6.02. The summed E-state index contributed by atoms with van der Waals surface area (Å²) >= 11 is 0. The summed E-state index contributed by atoms with van der Waals surface area (Å²) in [6.45, 7) is 2.10. The van der Waals surface area contributed by atoms with Gasteiger partial charge in [0, 0.05) is 23.6 Å². The molecule has 0 aromatic heterocycles. The molecule has 3 aromatic rings. The first-order valence-corrected chi connectivity index (χ1v) is 13.2. The van der Waals surface area contributed by atoms with Gasteiger partial charge < -0.3 is 44.0 Å². The van der Waals surface area contributed by atoms with Gasteiger partial charge in [0.15, 0.2) is 23.0 Å². The summed E-state index contributed by atoms with van der Waals surface area (Å²) in [5, 5.41) is 24.6. The number of anilines is 1. The Kier molecular flexibility index (Phi) is 6.64. The van der Waals surface area contributed by atoms with Gasteiger partial charge in [-0.3, -0.25) is 4.79 Å². The number of ether oxygens (including phenoxy) is 6. The zero-order chi connectivity index (χ0) is 28.8. The monoisotopic (exact) mass is 563 g/mol. The molecule has 1 saturated heterocycles. The van der Waals surface area contributed by atoms with Gasteiger partial charge in [-0.05, 0) is 60.0 Å². The molecule has 0 bridgehead atoms. The van der Waals surface area contributed by atoms with E-state index in [0.717, 1.165) is 11.1 Å². The van der Waals surface area contributed by atoms with Gasteiger partial charge in [0.2, 0.25) is 12.5 Å². The second-order valence-corrected chi connectivity index (χ2v) is 9.98. The normalized spacial score (nSPS) is 21.9. The summed E-state index contributed by atoms with van der Waals surface area (Å²) < 4.78 is 32.9. The van der Waals surface area contributed by atoms with Crippen LogP contribution in [0.2, 0.25) is 0 Å². The number of aromatic hydroxyl groups is 2. The lowest BCUT2D eigenvalue weighted by Gasteiger charge is -2.40. The highest BCUT2D eigenvalue weighted by atomic mass is 16.7. The van der Waals surface area contributed by atoms with Crippen molar-refractivity contribution in [2.75, 3.05) is 39.5 Å². The number of nitrogens with one attached hydrogen (secondary N) is 1. The largest absolute Gasteiger partial charge is 0.507 e.